The Morgan fingerprint density at radius 3 is 2.59 bits per heavy atom. The molecule has 1 amide bonds. The summed E-state index contributed by atoms with van der Waals surface area (Å²) in [5.41, 5.74) is 1.13. The molecule has 2 aromatic rings. The number of carbonyl (C=O) groups is 2. The highest BCUT2D eigenvalue weighted by molar-refractivity contribution is 5.95. The molecular formula is C17H19NO4. The Kier molecular flexibility index (Phi) is 5.36. The van der Waals surface area contributed by atoms with Crippen LogP contribution in [-0.4, -0.2) is 23.5 Å². The zero-order chi connectivity index (χ0) is 15.9. The van der Waals surface area contributed by atoms with E-state index in [0.717, 1.165) is 6.42 Å². The van der Waals surface area contributed by atoms with E-state index in [0.29, 0.717) is 23.3 Å². The van der Waals surface area contributed by atoms with E-state index in [2.05, 4.69) is 5.32 Å². The van der Waals surface area contributed by atoms with Gasteiger partial charge in [0.25, 0.3) is 5.91 Å². The van der Waals surface area contributed by atoms with Gasteiger partial charge in [-0.2, -0.15) is 0 Å². The number of furan rings is 1. The third-order valence-electron chi connectivity index (χ3n) is 3.43. The molecule has 0 bridgehead atoms. The molecular weight excluding hydrogens is 282 g/mol. The SMILES string of the molecule is CCCc1occc1C(=O)NCC(C(=O)O)c1ccccc1. The van der Waals surface area contributed by atoms with Crippen LogP contribution in [0.2, 0.25) is 0 Å². The molecule has 0 aliphatic rings. The normalized spacial score (nSPS) is 11.9. The van der Waals surface area contributed by atoms with Gasteiger partial charge in [0.2, 0.25) is 0 Å². The number of carboxylic acids is 1. The van der Waals surface area contributed by atoms with Gasteiger partial charge in [-0.25, -0.2) is 0 Å². The first-order chi connectivity index (χ1) is 10.6. The number of aryl methyl sites for hydroxylation is 1. The Balaban J connectivity index is 2.05. The van der Waals surface area contributed by atoms with Crippen molar-refractivity contribution in [2.24, 2.45) is 0 Å². The van der Waals surface area contributed by atoms with E-state index in [9.17, 15) is 14.7 Å². The van der Waals surface area contributed by atoms with Crippen LogP contribution in [0.15, 0.2) is 47.1 Å². The lowest BCUT2D eigenvalue weighted by atomic mass is 9.99. The lowest BCUT2D eigenvalue weighted by Gasteiger charge is -2.13. The van der Waals surface area contributed by atoms with Crippen LogP contribution in [0.4, 0.5) is 0 Å². The molecule has 0 aliphatic carbocycles. The molecule has 1 heterocycles. The third-order valence-corrected chi connectivity index (χ3v) is 3.43. The van der Waals surface area contributed by atoms with E-state index >= 15 is 0 Å². The molecule has 2 rings (SSSR count). The van der Waals surface area contributed by atoms with Crippen LogP contribution in [0, 0.1) is 0 Å². The highest BCUT2D eigenvalue weighted by Gasteiger charge is 2.22. The number of aliphatic carboxylic acids is 1. The Morgan fingerprint density at radius 1 is 1.23 bits per heavy atom. The van der Waals surface area contributed by atoms with Gasteiger partial charge in [-0.1, -0.05) is 37.3 Å². The van der Waals surface area contributed by atoms with Crippen molar-refractivity contribution in [1.82, 2.24) is 5.32 Å². The number of hydrogen-bond acceptors (Lipinski definition) is 3. The lowest BCUT2D eigenvalue weighted by molar-refractivity contribution is -0.138. The molecule has 1 atom stereocenters. The predicted molar refractivity (Wildman–Crippen MR) is 81.9 cm³/mol. The van der Waals surface area contributed by atoms with Crippen LogP contribution in [-0.2, 0) is 11.2 Å². The van der Waals surface area contributed by atoms with Gasteiger partial charge in [0, 0.05) is 13.0 Å². The maximum absolute atomic E-state index is 12.2. The minimum atomic E-state index is -0.965. The van der Waals surface area contributed by atoms with Gasteiger partial charge in [-0.3, -0.25) is 9.59 Å². The Bertz CT molecular complexity index is 633. The number of rotatable bonds is 7. The van der Waals surface area contributed by atoms with Gasteiger partial charge >= 0.3 is 5.97 Å². The molecule has 5 nitrogen and oxygen atoms in total. The summed E-state index contributed by atoms with van der Waals surface area (Å²) in [5.74, 6) is -1.41. The Hall–Kier alpha value is -2.56. The van der Waals surface area contributed by atoms with E-state index in [4.69, 9.17) is 4.42 Å². The molecule has 0 spiro atoms. The molecule has 22 heavy (non-hydrogen) atoms. The number of amides is 1. The second-order valence-electron chi connectivity index (χ2n) is 5.02. The summed E-state index contributed by atoms with van der Waals surface area (Å²) in [7, 11) is 0. The van der Waals surface area contributed by atoms with E-state index in [1.807, 2.05) is 13.0 Å². The first-order valence-electron chi connectivity index (χ1n) is 7.25. The smallest absolute Gasteiger partial charge is 0.312 e. The average Bonchev–Trinajstić information content (AvgIpc) is 2.97. The summed E-state index contributed by atoms with van der Waals surface area (Å²) in [6, 6.07) is 10.5. The van der Waals surface area contributed by atoms with Crippen molar-refractivity contribution in [2.45, 2.75) is 25.7 Å². The summed E-state index contributed by atoms with van der Waals surface area (Å²) in [6.45, 7) is 2.04. The number of hydrogen-bond donors (Lipinski definition) is 2. The molecule has 0 saturated heterocycles. The largest absolute Gasteiger partial charge is 0.481 e. The highest BCUT2D eigenvalue weighted by Crippen LogP contribution is 2.16. The molecule has 0 fully saturated rings. The standard InChI is InChI=1S/C17H19NO4/c1-2-6-15-13(9-10-22-15)16(19)18-11-14(17(20)21)12-7-4-3-5-8-12/h3-5,7-10,14H,2,6,11H2,1H3,(H,18,19)(H,20,21). The fraction of sp³-hybridized carbons (Fsp3) is 0.294. The zero-order valence-corrected chi connectivity index (χ0v) is 12.4. The number of nitrogens with one attached hydrogen (secondary N) is 1. The fourth-order valence-electron chi connectivity index (χ4n) is 2.29. The molecule has 0 radical (unpaired) electrons. The van der Waals surface area contributed by atoms with Crippen molar-refractivity contribution >= 4 is 11.9 Å². The molecule has 1 unspecified atom stereocenters. The van der Waals surface area contributed by atoms with Crippen molar-refractivity contribution in [3.63, 3.8) is 0 Å². The Labute approximate surface area is 129 Å². The minimum Gasteiger partial charge on any atom is -0.481 e. The average molecular weight is 301 g/mol. The van der Waals surface area contributed by atoms with Gasteiger partial charge in [-0.05, 0) is 18.1 Å². The molecule has 1 aromatic carbocycles. The van der Waals surface area contributed by atoms with E-state index < -0.39 is 11.9 Å². The Morgan fingerprint density at radius 2 is 1.95 bits per heavy atom. The summed E-state index contributed by atoms with van der Waals surface area (Å²) >= 11 is 0. The topological polar surface area (TPSA) is 79.5 Å². The van der Waals surface area contributed by atoms with Crippen LogP contribution < -0.4 is 5.32 Å². The third kappa shape index (κ3) is 3.75. The summed E-state index contributed by atoms with van der Waals surface area (Å²) < 4.78 is 5.29. The lowest BCUT2D eigenvalue weighted by Crippen LogP contribution is -2.32. The minimum absolute atomic E-state index is 0.0366. The van der Waals surface area contributed by atoms with Crippen LogP contribution >= 0.6 is 0 Å². The maximum Gasteiger partial charge on any atom is 0.312 e. The van der Waals surface area contributed by atoms with Gasteiger partial charge in [-0.15, -0.1) is 0 Å². The molecule has 0 aliphatic heterocycles. The van der Waals surface area contributed by atoms with Gasteiger partial charge in [0.05, 0.1) is 17.7 Å². The van der Waals surface area contributed by atoms with Crippen molar-refractivity contribution in [3.05, 3.63) is 59.5 Å². The van der Waals surface area contributed by atoms with Crippen molar-refractivity contribution < 1.29 is 19.1 Å². The van der Waals surface area contributed by atoms with Gasteiger partial charge < -0.3 is 14.8 Å². The monoisotopic (exact) mass is 301 g/mol. The first kappa shape index (κ1) is 15.8. The molecule has 2 N–H and O–H groups in total. The predicted octanol–water partition coefficient (Wildman–Crippen LogP) is 2.83. The van der Waals surface area contributed by atoms with Gasteiger partial charge in [0.1, 0.15) is 5.76 Å². The maximum atomic E-state index is 12.2. The summed E-state index contributed by atoms with van der Waals surface area (Å²) in [5, 5.41) is 12.0. The molecule has 5 heteroatoms. The summed E-state index contributed by atoms with van der Waals surface area (Å²) in [6.07, 6.45) is 3.03. The zero-order valence-electron chi connectivity index (χ0n) is 12.4. The molecule has 1 aromatic heterocycles. The van der Waals surface area contributed by atoms with Crippen molar-refractivity contribution in [2.75, 3.05) is 6.54 Å². The van der Waals surface area contributed by atoms with Crippen LogP contribution in [0.3, 0.4) is 0 Å². The van der Waals surface area contributed by atoms with E-state index in [1.165, 1.54) is 6.26 Å². The second kappa shape index (κ2) is 7.45. The molecule has 116 valence electrons. The van der Waals surface area contributed by atoms with E-state index in [1.54, 1.807) is 30.3 Å². The summed E-state index contributed by atoms with van der Waals surface area (Å²) in [4.78, 5) is 23.6. The van der Waals surface area contributed by atoms with Crippen molar-refractivity contribution in [3.8, 4) is 0 Å². The second-order valence-corrected chi connectivity index (χ2v) is 5.02. The van der Waals surface area contributed by atoms with E-state index in [-0.39, 0.29) is 12.5 Å². The quantitative estimate of drug-likeness (QED) is 0.824. The number of carboxylic acid groups (broad SMARTS) is 1. The number of benzene rings is 1. The number of carbonyl (C=O) groups excluding carboxylic acids is 1. The van der Waals surface area contributed by atoms with Gasteiger partial charge in [0.15, 0.2) is 0 Å². The highest BCUT2D eigenvalue weighted by atomic mass is 16.4. The fourth-order valence-corrected chi connectivity index (χ4v) is 2.29. The van der Waals surface area contributed by atoms with Crippen LogP contribution in [0.25, 0.3) is 0 Å². The van der Waals surface area contributed by atoms with Crippen molar-refractivity contribution in [1.29, 1.82) is 0 Å². The molecule has 0 saturated carbocycles. The van der Waals surface area contributed by atoms with Crippen LogP contribution in [0.1, 0.15) is 40.9 Å². The van der Waals surface area contributed by atoms with Crippen LogP contribution in [0.5, 0.6) is 0 Å². The first-order valence-corrected chi connectivity index (χ1v) is 7.25.